The van der Waals surface area contributed by atoms with Gasteiger partial charge in [0.15, 0.2) is 0 Å². The number of halogens is 1. The van der Waals surface area contributed by atoms with E-state index < -0.39 is 15.8 Å². The molecule has 1 N–H and O–H groups in total. The third-order valence-corrected chi connectivity index (χ3v) is 4.49. The first kappa shape index (κ1) is 13.9. The molecule has 0 aromatic heterocycles. The van der Waals surface area contributed by atoms with Gasteiger partial charge < -0.3 is 4.74 Å². The Bertz CT molecular complexity index is 757. The minimum atomic E-state index is -3.57. The molecule has 21 heavy (non-hydrogen) atoms. The van der Waals surface area contributed by atoms with Gasteiger partial charge >= 0.3 is 0 Å². The van der Waals surface area contributed by atoms with Crippen molar-refractivity contribution in [1.82, 2.24) is 0 Å². The van der Waals surface area contributed by atoms with Crippen LogP contribution in [0.3, 0.4) is 0 Å². The third-order valence-electron chi connectivity index (χ3n) is 3.25. The van der Waals surface area contributed by atoms with Crippen molar-refractivity contribution in [2.45, 2.75) is 12.2 Å². The van der Waals surface area contributed by atoms with Gasteiger partial charge in [-0.05, 0) is 29.3 Å². The summed E-state index contributed by atoms with van der Waals surface area (Å²) in [6.07, 6.45) is 0.781. The van der Waals surface area contributed by atoms with Gasteiger partial charge in [-0.15, -0.1) is 0 Å². The van der Waals surface area contributed by atoms with Gasteiger partial charge in [-0.3, -0.25) is 4.72 Å². The summed E-state index contributed by atoms with van der Waals surface area (Å²) < 4.78 is 45.2. The maximum Gasteiger partial charge on any atom is 0.237 e. The van der Waals surface area contributed by atoms with Gasteiger partial charge in [0.1, 0.15) is 11.6 Å². The van der Waals surface area contributed by atoms with E-state index in [0.29, 0.717) is 23.6 Å². The van der Waals surface area contributed by atoms with E-state index in [2.05, 4.69) is 4.72 Å². The molecule has 0 amide bonds. The molecule has 2 aromatic rings. The Labute approximate surface area is 122 Å². The lowest BCUT2D eigenvalue weighted by Gasteiger charge is -2.11. The normalized spacial score (nSPS) is 13.6. The molecular formula is C15H14FNO3S. The Morgan fingerprint density at radius 3 is 2.67 bits per heavy atom. The van der Waals surface area contributed by atoms with Crippen LogP contribution in [0.2, 0.25) is 0 Å². The second kappa shape index (κ2) is 5.37. The molecule has 0 atom stereocenters. The van der Waals surface area contributed by atoms with Crippen molar-refractivity contribution in [1.29, 1.82) is 0 Å². The number of hydrogen-bond acceptors (Lipinski definition) is 3. The van der Waals surface area contributed by atoms with Crippen molar-refractivity contribution in [2.75, 3.05) is 11.3 Å². The van der Waals surface area contributed by atoms with E-state index in [0.717, 1.165) is 12.0 Å². The second-order valence-electron chi connectivity index (χ2n) is 4.88. The number of nitrogens with one attached hydrogen (secondary N) is 1. The van der Waals surface area contributed by atoms with Crippen LogP contribution in [-0.4, -0.2) is 15.0 Å². The summed E-state index contributed by atoms with van der Waals surface area (Å²) in [6, 6.07) is 10.8. The van der Waals surface area contributed by atoms with E-state index >= 15 is 0 Å². The van der Waals surface area contributed by atoms with Crippen molar-refractivity contribution in [2.24, 2.45) is 0 Å². The van der Waals surface area contributed by atoms with Crippen LogP contribution in [0.4, 0.5) is 10.1 Å². The smallest absolute Gasteiger partial charge is 0.237 e. The number of anilines is 1. The zero-order chi connectivity index (χ0) is 14.9. The average Bonchev–Trinajstić information content (AvgIpc) is 2.90. The summed E-state index contributed by atoms with van der Waals surface area (Å²) in [5.41, 5.74) is 1.97. The van der Waals surface area contributed by atoms with Crippen molar-refractivity contribution in [3.63, 3.8) is 0 Å². The number of rotatable bonds is 4. The van der Waals surface area contributed by atoms with E-state index in [9.17, 15) is 12.8 Å². The largest absolute Gasteiger partial charge is 0.491 e. The Morgan fingerprint density at radius 1 is 1.14 bits per heavy atom. The van der Waals surface area contributed by atoms with E-state index in [1.165, 1.54) is 24.3 Å². The summed E-state index contributed by atoms with van der Waals surface area (Å²) >= 11 is 0. The maximum absolute atomic E-state index is 12.8. The van der Waals surface area contributed by atoms with Gasteiger partial charge in [0.2, 0.25) is 10.0 Å². The zero-order valence-electron chi connectivity index (χ0n) is 11.2. The van der Waals surface area contributed by atoms with E-state index in [1.54, 1.807) is 12.1 Å². The van der Waals surface area contributed by atoms with Crippen LogP contribution in [0.1, 0.15) is 11.1 Å². The summed E-state index contributed by atoms with van der Waals surface area (Å²) in [7, 11) is -3.57. The molecule has 110 valence electrons. The van der Waals surface area contributed by atoms with Gasteiger partial charge in [-0.25, -0.2) is 12.8 Å². The fourth-order valence-corrected chi connectivity index (χ4v) is 3.50. The molecule has 0 bridgehead atoms. The minimum Gasteiger partial charge on any atom is -0.491 e. The monoisotopic (exact) mass is 307 g/mol. The highest BCUT2D eigenvalue weighted by atomic mass is 32.2. The lowest BCUT2D eigenvalue weighted by molar-refractivity contribution is 0.358. The molecule has 0 saturated heterocycles. The van der Waals surface area contributed by atoms with Crippen LogP contribution in [0.15, 0.2) is 42.5 Å². The van der Waals surface area contributed by atoms with Crippen LogP contribution in [0, 0.1) is 5.82 Å². The van der Waals surface area contributed by atoms with Crippen LogP contribution in [0.25, 0.3) is 0 Å². The number of benzene rings is 2. The van der Waals surface area contributed by atoms with Crippen molar-refractivity contribution in [3.05, 3.63) is 59.4 Å². The van der Waals surface area contributed by atoms with Crippen LogP contribution >= 0.6 is 0 Å². The van der Waals surface area contributed by atoms with Crippen LogP contribution in [0.5, 0.6) is 5.75 Å². The first-order valence-corrected chi connectivity index (χ1v) is 8.18. The number of ether oxygens (including phenoxy) is 1. The molecule has 6 heteroatoms. The minimum absolute atomic E-state index is 0.211. The van der Waals surface area contributed by atoms with Crippen LogP contribution < -0.4 is 9.46 Å². The quantitative estimate of drug-likeness (QED) is 0.945. The topological polar surface area (TPSA) is 55.4 Å². The predicted molar refractivity (Wildman–Crippen MR) is 78.3 cm³/mol. The fraction of sp³-hybridized carbons (Fsp3) is 0.200. The number of fused-ring (bicyclic) bond motifs is 1. The van der Waals surface area contributed by atoms with Crippen LogP contribution in [-0.2, 0) is 22.2 Å². The molecule has 0 fully saturated rings. The molecule has 0 unspecified atom stereocenters. The van der Waals surface area contributed by atoms with Gasteiger partial charge in [-0.1, -0.05) is 24.3 Å². The first-order valence-electron chi connectivity index (χ1n) is 6.53. The van der Waals surface area contributed by atoms with E-state index in [4.69, 9.17) is 4.74 Å². The van der Waals surface area contributed by atoms with Crippen molar-refractivity contribution >= 4 is 15.7 Å². The fourth-order valence-electron chi connectivity index (χ4n) is 2.30. The standard InChI is InChI=1S/C15H14FNO3S/c16-13-6-4-11(5-7-13)10-21(18,19)17-14-3-1-2-12-8-9-20-15(12)14/h1-7,17H,8-10H2. The molecule has 1 aliphatic rings. The molecule has 3 rings (SSSR count). The van der Waals surface area contributed by atoms with Gasteiger partial charge in [0.05, 0.1) is 18.0 Å². The third kappa shape index (κ3) is 3.16. The highest BCUT2D eigenvalue weighted by molar-refractivity contribution is 7.91. The molecule has 1 heterocycles. The molecule has 0 saturated carbocycles. The molecule has 0 radical (unpaired) electrons. The van der Waals surface area contributed by atoms with Gasteiger partial charge in [0.25, 0.3) is 0 Å². The Morgan fingerprint density at radius 2 is 1.90 bits per heavy atom. The lowest BCUT2D eigenvalue weighted by Crippen LogP contribution is -2.15. The number of hydrogen-bond donors (Lipinski definition) is 1. The van der Waals surface area contributed by atoms with Crippen molar-refractivity contribution < 1.29 is 17.5 Å². The molecule has 0 aliphatic carbocycles. The number of sulfonamides is 1. The highest BCUT2D eigenvalue weighted by Crippen LogP contribution is 2.34. The Balaban J connectivity index is 1.80. The molecule has 1 aliphatic heterocycles. The van der Waals surface area contributed by atoms with E-state index in [1.807, 2.05) is 6.07 Å². The van der Waals surface area contributed by atoms with E-state index in [-0.39, 0.29) is 5.75 Å². The summed E-state index contributed by atoms with van der Waals surface area (Å²) in [6.45, 7) is 0.562. The molecular weight excluding hydrogens is 293 g/mol. The van der Waals surface area contributed by atoms with Crippen molar-refractivity contribution in [3.8, 4) is 5.75 Å². The van der Waals surface area contributed by atoms with Gasteiger partial charge in [-0.2, -0.15) is 0 Å². The molecule has 4 nitrogen and oxygen atoms in total. The van der Waals surface area contributed by atoms with Gasteiger partial charge in [0, 0.05) is 6.42 Å². The maximum atomic E-state index is 12.8. The molecule has 2 aromatic carbocycles. The zero-order valence-corrected chi connectivity index (χ0v) is 12.0. The summed E-state index contributed by atoms with van der Waals surface area (Å²) in [4.78, 5) is 0. The average molecular weight is 307 g/mol. The summed E-state index contributed by atoms with van der Waals surface area (Å²) in [5.74, 6) is -0.00435. The predicted octanol–water partition coefficient (Wildman–Crippen LogP) is 2.70. The summed E-state index contributed by atoms with van der Waals surface area (Å²) in [5, 5.41) is 0. The molecule has 0 spiro atoms. The Hall–Kier alpha value is -2.08. The highest BCUT2D eigenvalue weighted by Gasteiger charge is 2.20. The second-order valence-corrected chi connectivity index (χ2v) is 6.60. The lowest BCUT2D eigenvalue weighted by atomic mass is 10.1. The number of para-hydroxylation sites is 1. The first-order chi connectivity index (χ1) is 10.0. The Kier molecular flexibility index (Phi) is 3.55. The SMILES string of the molecule is O=S(=O)(Cc1ccc(F)cc1)Nc1cccc2c1OCC2.